The fourth-order valence-corrected chi connectivity index (χ4v) is 5.00. The van der Waals surface area contributed by atoms with Gasteiger partial charge < -0.3 is 15.8 Å². The molecule has 4 aliphatic carbocycles. The van der Waals surface area contributed by atoms with Crippen molar-refractivity contribution in [1.29, 1.82) is 0 Å². The summed E-state index contributed by atoms with van der Waals surface area (Å²) in [5.41, 5.74) is 5.94. The molecule has 19 heavy (non-hydrogen) atoms. The quantitative estimate of drug-likeness (QED) is 0.766. The molecule has 0 aromatic carbocycles. The second-order valence-corrected chi connectivity index (χ2v) is 8.23. The van der Waals surface area contributed by atoms with Crippen molar-refractivity contribution in [3.63, 3.8) is 0 Å². The van der Waals surface area contributed by atoms with Gasteiger partial charge in [0.25, 0.3) is 0 Å². The van der Waals surface area contributed by atoms with Crippen LogP contribution < -0.4 is 11.1 Å². The van der Waals surface area contributed by atoms with Gasteiger partial charge in [-0.15, -0.1) is 0 Å². The lowest BCUT2D eigenvalue weighted by atomic mass is 9.50. The van der Waals surface area contributed by atoms with Gasteiger partial charge in [0.15, 0.2) is 0 Å². The number of alkyl carbamates (subject to hydrolysis) is 1. The van der Waals surface area contributed by atoms with Crippen LogP contribution in [0.15, 0.2) is 0 Å². The second-order valence-electron chi connectivity index (χ2n) is 8.23. The van der Waals surface area contributed by atoms with Gasteiger partial charge in [0.1, 0.15) is 5.60 Å². The van der Waals surface area contributed by atoms with Crippen LogP contribution in [0.1, 0.15) is 59.3 Å². The van der Waals surface area contributed by atoms with Gasteiger partial charge in [0, 0.05) is 11.1 Å². The topological polar surface area (TPSA) is 64.3 Å². The van der Waals surface area contributed by atoms with Crippen LogP contribution in [0.3, 0.4) is 0 Å². The lowest BCUT2D eigenvalue weighted by Crippen LogP contribution is -2.68. The Balaban J connectivity index is 1.72. The summed E-state index contributed by atoms with van der Waals surface area (Å²) < 4.78 is 5.42. The standard InChI is InChI=1S/C15H26N2O2/c1-13(2,3)19-12(18)17-15-7-10-4-11(8-15)6-14(16,5-10)9-15/h10-11H,4-9,16H2,1-3H3,(H,17,18). The van der Waals surface area contributed by atoms with E-state index >= 15 is 0 Å². The molecule has 4 nitrogen and oxygen atoms in total. The van der Waals surface area contributed by atoms with Crippen LogP contribution >= 0.6 is 0 Å². The highest BCUT2D eigenvalue weighted by Crippen LogP contribution is 2.56. The third kappa shape index (κ3) is 2.60. The first kappa shape index (κ1) is 13.2. The molecule has 0 saturated heterocycles. The molecule has 4 bridgehead atoms. The number of nitrogens with two attached hydrogens (primary N) is 1. The zero-order valence-corrected chi connectivity index (χ0v) is 12.3. The predicted molar refractivity (Wildman–Crippen MR) is 73.7 cm³/mol. The SMILES string of the molecule is CC(C)(C)OC(=O)NC12CC3CC(CC(N)(C3)C1)C2. The molecule has 0 aromatic rings. The maximum absolute atomic E-state index is 12.1. The average Bonchev–Trinajstić information content (AvgIpc) is 2.06. The molecular formula is C15H26N2O2. The van der Waals surface area contributed by atoms with Crippen molar-refractivity contribution in [1.82, 2.24) is 5.32 Å². The Kier molecular flexibility index (Phi) is 2.70. The van der Waals surface area contributed by atoms with Crippen molar-refractivity contribution in [2.24, 2.45) is 17.6 Å². The van der Waals surface area contributed by atoms with E-state index in [1.807, 2.05) is 20.8 Å². The van der Waals surface area contributed by atoms with Gasteiger partial charge in [-0.05, 0) is 71.1 Å². The maximum atomic E-state index is 12.1. The van der Waals surface area contributed by atoms with E-state index < -0.39 is 5.60 Å². The van der Waals surface area contributed by atoms with Crippen molar-refractivity contribution in [2.45, 2.75) is 76.0 Å². The van der Waals surface area contributed by atoms with Crippen LogP contribution in [0.4, 0.5) is 4.79 Å². The van der Waals surface area contributed by atoms with E-state index in [9.17, 15) is 4.79 Å². The first-order valence-electron chi connectivity index (χ1n) is 7.47. The van der Waals surface area contributed by atoms with E-state index in [4.69, 9.17) is 10.5 Å². The van der Waals surface area contributed by atoms with E-state index in [0.29, 0.717) is 11.8 Å². The third-order valence-corrected chi connectivity index (χ3v) is 4.87. The van der Waals surface area contributed by atoms with Gasteiger partial charge in [0.2, 0.25) is 0 Å². The van der Waals surface area contributed by atoms with Crippen LogP contribution in [0.5, 0.6) is 0 Å². The summed E-state index contributed by atoms with van der Waals surface area (Å²) >= 11 is 0. The van der Waals surface area contributed by atoms with E-state index in [2.05, 4.69) is 5.32 Å². The Hall–Kier alpha value is -0.770. The first-order valence-corrected chi connectivity index (χ1v) is 7.47. The number of ether oxygens (including phenoxy) is 1. The minimum atomic E-state index is -0.438. The molecule has 2 unspecified atom stereocenters. The van der Waals surface area contributed by atoms with Gasteiger partial charge in [-0.1, -0.05) is 0 Å². The molecule has 2 atom stereocenters. The van der Waals surface area contributed by atoms with Crippen molar-refractivity contribution in [3.05, 3.63) is 0 Å². The highest BCUT2D eigenvalue weighted by atomic mass is 16.6. The van der Waals surface area contributed by atoms with Crippen molar-refractivity contribution in [2.75, 3.05) is 0 Å². The minimum absolute atomic E-state index is 0.0426. The molecule has 1 amide bonds. The van der Waals surface area contributed by atoms with E-state index in [-0.39, 0.29) is 17.2 Å². The summed E-state index contributed by atoms with van der Waals surface area (Å²) in [5.74, 6) is 1.39. The molecule has 0 radical (unpaired) electrons. The fraction of sp³-hybridized carbons (Fsp3) is 0.933. The van der Waals surface area contributed by atoms with Crippen molar-refractivity contribution in [3.8, 4) is 0 Å². The summed E-state index contributed by atoms with van der Waals surface area (Å²) in [6.07, 6.45) is 6.40. The summed E-state index contributed by atoms with van der Waals surface area (Å²) in [6.45, 7) is 5.70. The zero-order valence-electron chi connectivity index (χ0n) is 12.3. The van der Waals surface area contributed by atoms with Crippen LogP contribution in [0.25, 0.3) is 0 Å². The lowest BCUT2D eigenvalue weighted by Gasteiger charge is -2.60. The summed E-state index contributed by atoms with van der Waals surface area (Å²) in [7, 11) is 0. The molecule has 4 heteroatoms. The number of carbonyl (C=O) groups excluding carboxylic acids is 1. The Morgan fingerprint density at radius 1 is 1.21 bits per heavy atom. The van der Waals surface area contributed by atoms with Crippen LogP contribution in [-0.2, 0) is 4.74 Å². The molecule has 4 saturated carbocycles. The number of hydrogen-bond donors (Lipinski definition) is 2. The Morgan fingerprint density at radius 3 is 2.26 bits per heavy atom. The number of carbonyl (C=O) groups is 1. The molecule has 0 heterocycles. The average molecular weight is 266 g/mol. The zero-order chi connectivity index (χ0) is 13.9. The molecule has 0 aliphatic heterocycles. The largest absolute Gasteiger partial charge is 0.444 e. The summed E-state index contributed by atoms with van der Waals surface area (Å²) in [5, 5.41) is 3.17. The number of nitrogens with one attached hydrogen (secondary N) is 1. The second kappa shape index (κ2) is 3.87. The Bertz CT molecular complexity index is 385. The molecular weight excluding hydrogens is 240 g/mol. The number of hydrogen-bond acceptors (Lipinski definition) is 3. The Morgan fingerprint density at radius 2 is 1.79 bits per heavy atom. The molecule has 4 aliphatic rings. The predicted octanol–water partition coefficient (Wildman–Crippen LogP) is 2.56. The molecule has 4 rings (SSSR count). The van der Waals surface area contributed by atoms with Gasteiger partial charge in [-0.2, -0.15) is 0 Å². The van der Waals surface area contributed by atoms with Gasteiger partial charge in [0.05, 0.1) is 0 Å². The number of rotatable bonds is 1. The first-order chi connectivity index (χ1) is 8.67. The third-order valence-electron chi connectivity index (χ3n) is 4.87. The monoisotopic (exact) mass is 266 g/mol. The van der Waals surface area contributed by atoms with E-state index in [1.54, 1.807) is 0 Å². The van der Waals surface area contributed by atoms with E-state index in [0.717, 1.165) is 32.1 Å². The number of amides is 1. The van der Waals surface area contributed by atoms with Gasteiger partial charge >= 0.3 is 6.09 Å². The highest BCUT2D eigenvalue weighted by Gasteiger charge is 2.57. The molecule has 0 spiro atoms. The van der Waals surface area contributed by atoms with Gasteiger partial charge in [-0.25, -0.2) is 4.79 Å². The maximum Gasteiger partial charge on any atom is 0.408 e. The smallest absolute Gasteiger partial charge is 0.408 e. The lowest BCUT2D eigenvalue weighted by molar-refractivity contribution is -0.0398. The van der Waals surface area contributed by atoms with Crippen molar-refractivity contribution >= 4 is 6.09 Å². The summed E-state index contributed by atoms with van der Waals surface area (Å²) in [6, 6.07) is 0. The normalized spacial score (nSPS) is 44.2. The summed E-state index contributed by atoms with van der Waals surface area (Å²) in [4.78, 5) is 12.1. The molecule has 108 valence electrons. The van der Waals surface area contributed by atoms with Crippen LogP contribution in [0.2, 0.25) is 0 Å². The highest BCUT2D eigenvalue weighted by molar-refractivity contribution is 5.69. The molecule has 0 aromatic heterocycles. The minimum Gasteiger partial charge on any atom is -0.444 e. The molecule has 3 N–H and O–H groups in total. The molecule has 4 fully saturated rings. The van der Waals surface area contributed by atoms with E-state index in [1.165, 1.54) is 6.42 Å². The fourth-order valence-electron chi connectivity index (χ4n) is 5.00. The van der Waals surface area contributed by atoms with Crippen LogP contribution in [0, 0.1) is 11.8 Å². The van der Waals surface area contributed by atoms with Crippen LogP contribution in [-0.4, -0.2) is 22.8 Å². The van der Waals surface area contributed by atoms with Crippen molar-refractivity contribution < 1.29 is 9.53 Å². The van der Waals surface area contributed by atoms with Gasteiger partial charge in [-0.3, -0.25) is 0 Å². The Labute approximate surface area is 115 Å².